The molecular formula is C12H21N3S. The second kappa shape index (κ2) is 4.80. The average molecular weight is 239 g/mol. The van der Waals surface area contributed by atoms with E-state index < -0.39 is 0 Å². The molecule has 0 amide bonds. The molecule has 0 spiro atoms. The van der Waals surface area contributed by atoms with E-state index in [2.05, 4.69) is 29.8 Å². The van der Waals surface area contributed by atoms with Crippen molar-refractivity contribution in [3.63, 3.8) is 0 Å². The molecule has 0 unspecified atom stereocenters. The summed E-state index contributed by atoms with van der Waals surface area (Å²) in [5.74, 6) is 0. The summed E-state index contributed by atoms with van der Waals surface area (Å²) in [6.07, 6.45) is 8.11. The predicted octanol–water partition coefficient (Wildman–Crippen LogP) is 1.97. The largest absolute Gasteiger partial charge is 0.311 e. The molecule has 16 heavy (non-hydrogen) atoms. The molecule has 4 heteroatoms. The Balaban J connectivity index is 1.84. The van der Waals surface area contributed by atoms with Gasteiger partial charge in [-0.2, -0.15) is 16.9 Å². The standard InChI is InChI=1S/C12H21N3S/c1-4-11-10(8-15(2)14-11)7-13-9-12(16-3)5-6-12/h8,13H,4-7,9H2,1-3H3. The van der Waals surface area contributed by atoms with Crippen LogP contribution in [0.1, 0.15) is 31.0 Å². The first-order chi connectivity index (χ1) is 7.69. The third-order valence-electron chi connectivity index (χ3n) is 3.33. The van der Waals surface area contributed by atoms with Crippen molar-refractivity contribution in [2.45, 2.75) is 37.5 Å². The van der Waals surface area contributed by atoms with Gasteiger partial charge in [0.05, 0.1) is 5.69 Å². The Kier molecular flexibility index (Phi) is 3.60. The van der Waals surface area contributed by atoms with Crippen LogP contribution < -0.4 is 5.32 Å². The first-order valence-electron chi connectivity index (χ1n) is 5.96. The zero-order valence-electron chi connectivity index (χ0n) is 10.4. The smallest absolute Gasteiger partial charge is 0.0666 e. The number of hydrogen-bond donors (Lipinski definition) is 1. The minimum absolute atomic E-state index is 0.550. The van der Waals surface area contributed by atoms with E-state index in [1.807, 2.05) is 23.5 Å². The molecule has 0 aliphatic heterocycles. The summed E-state index contributed by atoms with van der Waals surface area (Å²) < 4.78 is 2.46. The highest BCUT2D eigenvalue weighted by Crippen LogP contribution is 2.46. The van der Waals surface area contributed by atoms with Crippen molar-refractivity contribution in [1.82, 2.24) is 15.1 Å². The van der Waals surface area contributed by atoms with E-state index in [1.54, 1.807) is 0 Å². The molecule has 0 saturated heterocycles. The molecular weight excluding hydrogens is 218 g/mol. The van der Waals surface area contributed by atoms with Crippen LogP contribution in [0.15, 0.2) is 6.20 Å². The quantitative estimate of drug-likeness (QED) is 0.823. The highest BCUT2D eigenvalue weighted by atomic mass is 32.2. The van der Waals surface area contributed by atoms with E-state index in [-0.39, 0.29) is 0 Å². The lowest BCUT2D eigenvalue weighted by atomic mass is 10.2. The van der Waals surface area contributed by atoms with Crippen molar-refractivity contribution in [3.8, 4) is 0 Å². The first kappa shape index (κ1) is 12.0. The van der Waals surface area contributed by atoms with Gasteiger partial charge < -0.3 is 5.32 Å². The summed E-state index contributed by atoms with van der Waals surface area (Å²) in [6, 6.07) is 0. The number of rotatable bonds is 6. The number of hydrogen-bond acceptors (Lipinski definition) is 3. The molecule has 0 aromatic carbocycles. The Hall–Kier alpha value is -0.480. The van der Waals surface area contributed by atoms with Gasteiger partial charge in [0.15, 0.2) is 0 Å². The molecule has 1 aliphatic carbocycles. The molecule has 0 radical (unpaired) electrons. The Morgan fingerprint density at radius 2 is 2.31 bits per heavy atom. The summed E-state index contributed by atoms with van der Waals surface area (Å²) in [5, 5.41) is 8.02. The topological polar surface area (TPSA) is 29.9 Å². The molecule has 2 rings (SSSR count). The van der Waals surface area contributed by atoms with Crippen molar-refractivity contribution >= 4 is 11.8 Å². The van der Waals surface area contributed by atoms with E-state index in [1.165, 1.54) is 24.1 Å². The number of aromatic nitrogens is 2. The zero-order valence-corrected chi connectivity index (χ0v) is 11.2. The number of aryl methyl sites for hydroxylation is 2. The lowest BCUT2D eigenvalue weighted by Crippen LogP contribution is -2.25. The summed E-state index contributed by atoms with van der Waals surface area (Å²) in [4.78, 5) is 0. The Labute approximate surface area is 102 Å². The molecule has 1 aromatic rings. The lowest BCUT2D eigenvalue weighted by Gasteiger charge is -2.12. The van der Waals surface area contributed by atoms with Crippen LogP contribution in [-0.2, 0) is 20.0 Å². The van der Waals surface area contributed by atoms with Crippen LogP contribution in [0.4, 0.5) is 0 Å². The molecule has 0 atom stereocenters. The van der Waals surface area contributed by atoms with Gasteiger partial charge in [0.1, 0.15) is 0 Å². The second-order valence-electron chi connectivity index (χ2n) is 4.62. The van der Waals surface area contributed by atoms with Crippen molar-refractivity contribution in [1.29, 1.82) is 0 Å². The summed E-state index contributed by atoms with van der Waals surface area (Å²) >= 11 is 2.01. The molecule has 1 saturated carbocycles. The zero-order chi connectivity index (χ0) is 11.6. The maximum absolute atomic E-state index is 4.45. The minimum atomic E-state index is 0.550. The maximum Gasteiger partial charge on any atom is 0.0666 e. The molecule has 3 nitrogen and oxygen atoms in total. The molecule has 1 fully saturated rings. The minimum Gasteiger partial charge on any atom is -0.311 e. The van der Waals surface area contributed by atoms with Crippen molar-refractivity contribution in [2.75, 3.05) is 12.8 Å². The van der Waals surface area contributed by atoms with Gasteiger partial charge in [-0.05, 0) is 25.5 Å². The summed E-state index contributed by atoms with van der Waals surface area (Å²) in [7, 11) is 1.99. The lowest BCUT2D eigenvalue weighted by molar-refractivity contribution is 0.659. The first-order valence-corrected chi connectivity index (χ1v) is 7.19. The molecule has 1 aromatic heterocycles. The highest BCUT2D eigenvalue weighted by Gasteiger charge is 2.41. The van der Waals surface area contributed by atoms with E-state index >= 15 is 0 Å². The predicted molar refractivity (Wildman–Crippen MR) is 69.8 cm³/mol. The monoisotopic (exact) mass is 239 g/mol. The van der Waals surface area contributed by atoms with Crippen LogP contribution in [0, 0.1) is 0 Å². The summed E-state index contributed by atoms with van der Waals surface area (Å²) in [6.45, 7) is 4.25. The van der Waals surface area contributed by atoms with Crippen molar-refractivity contribution in [3.05, 3.63) is 17.5 Å². The SMILES string of the molecule is CCc1nn(C)cc1CNCC1(SC)CC1. The molecule has 1 N–H and O–H groups in total. The van der Waals surface area contributed by atoms with Crippen LogP contribution in [0.2, 0.25) is 0 Å². The number of nitrogens with zero attached hydrogens (tertiary/aromatic N) is 2. The van der Waals surface area contributed by atoms with Gasteiger partial charge in [0, 0.05) is 36.6 Å². The van der Waals surface area contributed by atoms with Gasteiger partial charge in [-0.25, -0.2) is 0 Å². The maximum atomic E-state index is 4.45. The van der Waals surface area contributed by atoms with Crippen molar-refractivity contribution < 1.29 is 0 Å². The Bertz CT molecular complexity index is 355. The number of nitrogens with one attached hydrogen (secondary N) is 1. The molecule has 0 bridgehead atoms. The van der Waals surface area contributed by atoms with Crippen LogP contribution >= 0.6 is 11.8 Å². The van der Waals surface area contributed by atoms with Gasteiger partial charge in [-0.15, -0.1) is 0 Å². The third-order valence-corrected chi connectivity index (χ3v) is 4.75. The van der Waals surface area contributed by atoms with Crippen LogP contribution in [0.3, 0.4) is 0 Å². The van der Waals surface area contributed by atoms with E-state index in [0.717, 1.165) is 19.5 Å². The molecule has 1 heterocycles. The van der Waals surface area contributed by atoms with Gasteiger partial charge in [0.2, 0.25) is 0 Å². The number of thioether (sulfide) groups is 1. The van der Waals surface area contributed by atoms with Crippen molar-refractivity contribution in [2.24, 2.45) is 7.05 Å². The normalized spacial score (nSPS) is 17.7. The van der Waals surface area contributed by atoms with Gasteiger partial charge >= 0.3 is 0 Å². The van der Waals surface area contributed by atoms with Gasteiger partial charge in [-0.1, -0.05) is 6.92 Å². The second-order valence-corrected chi connectivity index (χ2v) is 5.89. The average Bonchev–Trinajstić information content (AvgIpc) is 2.97. The van der Waals surface area contributed by atoms with E-state index in [0.29, 0.717) is 4.75 Å². The van der Waals surface area contributed by atoms with Crippen LogP contribution in [0.25, 0.3) is 0 Å². The van der Waals surface area contributed by atoms with E-state index in [9.17, 15) is 0 Å². The highest BCUT2D eigenvalue weighted by molar-refractivity contribution is 8.00. The van der Waals surface area contributed by atoms with Crippen LogP contribution in [-0.4, -0.2) is 27.3 Å². The van der Waals surface area contributed by atoms with E-state index in [4.69, 9.17) is 0 Å². The molecule has 90 valence electrons. The third kappa shape index (κ3) is 2.61. The van der Waals surface area contributed by atoms with Crippen LogP contribution in [0.5, 0.6) is 0 Å². The Morgan fingerprint density at radius 1 is 1.56 bits per heavy atom. The van der Waals surface area contributed by atoms with Gasteiger partial charge in [-0.3, -0.25) is 4.68 Å². The fraction of sp³-hybridized carbons (Fsp3) is 0.750. The summed E-state index contributed by atoms with van der Waals surface area (Å²) in [5.41, 5.74) is 2.57. The Morgan fingerprint density at radius 3 is 2.88 bits per heavy atom. The fourth-order valence-electron chi connectivity index (χ4n) is 2.05. The molecule has 1 aliphatic rings. The fourth-order valence-corrected chi connectivity index (χ4v) is 2.80. The van der Waals surface area contributed by atoms with Gasteiger partial charge in [0.25, 0.3) is 0 Å².